The van der Waals surface area contributed by atoms with E-state index in [2.05, 4.69) is 10.3 Å². The van der Waals surface area contributed by atoms with E-state index < -0.39 is 6.10 Å². The zero-order chi connectivity index (χ0) is 16.8. The van der Waals surface area contributed by atoms with Crippen molar-refractivity contribution in [2.45, 2.75) is 44.2 Å². The van der Waals surface area contributed by atoms with Crippen LogP contribution in [0.1, 0.15) is 32.1 Å². The van der Waals surface area contributed by atoms with E-state index in [1.807, 2.05) is 30.5 Å². The maximum atomic E-state index is 10.4. The van der Waals surface area contributed by atoms with E-state index in [0.29, 0.717) is 19.2 Å². The average molecular weight is 340 g/mol. The Hall–Kier alpha value is -1.52. The maximum absolute atomic E-state index is 10.4. The first kappa shape index (κ1) is 15.7. The summed E-state index contributed by atoms with van der Waals surface area (Å²) in [5.74, 6) is 4.52. The zero-order valence-electron chi connectivity index (χ0n) is 14.7. The third-order valence-corrected chi connectivity index (χ3v) is 6.80. The van der Waals surface area contributed by atoms with E-state index in [0.717, 1.165) is 40.3 Å². The predicted molar refractivity (Wildman–Crippen MR) is 98.6 cm³/mol. The van der Waals surface area contributed by atoms with Crippen molar-refractivity contribution in [1.29, 1.82) is 0 Å². The Kier molecular flexibility index (Phi) is 3.98. The summed E-state index contributed by atoms with van der Waals surface area (Å²) in [6.45, 7) is 0.973. The van der Waals surface area contributed by atoms with Crippen LogP contribution in [0.2, 0.25) is 0 Å². The summed E-state index contributed by atoms with van der Waals surface area (Å²) in [7, 11) is 0. The van der Waals surface area contributed by atoms with Crippen LogP contribution in [0.3, 0.4) is 0 Å². The van der Waals surface area contributed by atoms with Crippen molar-refractivity contribution < 1.29 is 9.84 Å². The molecule has 1 atom stereocenters. The fourth-order valence-electron chi connectivity index (χ4n) is 5.96. The summed E-state index contributed by atoms with van der Waals surface area (Å²) in [6, 6.07) is 8.62. The smallest absolute Gasteiger partial charge is 0.128 e. The highest BCUT2D eigenvalue weighted by molar-refractivity contribution is 5.85. The lowest BCUT2D eigenvalue weighted by Crippen LogP contribution is -2.55. The summed E-state index contributed by atoms with van der Waals surface area (Å²) >= 11 is 0. The number of nitrogens with one attached hydrogen (secondary N) is 2. The second-order valence-corrected chi connectivity index (χ2v) is 8.52. The molecule has 0 amide bonds. The van der Waals surface area contributed by atoms with Crippen molar-refractivity contribution in [2.75, 3.05) is 13.2 Å². The van der Waals surface area contributed by atoms with Crippen LogP contribution in [-0.2, 0) is 0 Å². The highest BCUT2D eigenvalue weighted by atomic mass is 16.5. The number of aromatic amines is 1. The van der Waals surface area contributed by atoms with Gasteiger partial charge in [-0.1, -0.05) is 6.07 Å². The predicted octanol–water partition coefficient (Wildman–Crippen LogP) is 3.32. The molecule has 3 N–H and O–H groups in total. The SMILES string of the molecule is OC(CNC1C2CC3CC(C2)CC1C3)COc1cccc2[nH]ccc12. The summed E-state index contributed by atoms with van der Waals surface area (Å²) in [4.78, 5) is 3.19. The standard InChI is InChI=1S/C21H28N2O2/c24-17(12-25-20-3-1-2-19-18(20)4-5-22-19)11-23-21-15-7-13-6-14(9-15)10-16(21)8-13/h1-5,13-17,21-24H,6-12H2. The minimum Gasteiger partial charge on any atom is -0.490 e. The van der Waals surface area contributed by atoms with Crippen molar-refractivity contribution in [3.8, 4) is 5.75 Å². The van der Waals surface area contributed by atoms with Gasteiger partial charge in [-0.25, -0.2) is 0 Å². The van der Waals surface area contributed by atoms with Crippen LogP contribution in [0.5, 0.6) is 5.75 Å². The first-order chi connectivity index (χ1) is 12.3. The molecule has 1 unspecified atom stereocenters. The maximum Gasteiger partial charge on any atom is 0.128 e. The van der Waals surface area contributed by atoms with Crippen molar-refractivity contribution in [3.63, 3.8) is 0 Å². The number of ether oxygens (including phenoxy) is 1. The van der Waals surface area contributed by atoms with Gasteiger partial charge in [-0.05, 0) is 74.0 Å². The van der Waals surface area contributed by atoms with E-state index in [4.69, 9.17) is 4.74 Å². The van der Waals surface area contributed by atoms with Gasteiger partial charge in [-0.15, -0.1) is 0 Å². The van der Waals surface area contributed by atoms with Gasteiger partial charge in [-0.3, -0.25) is 0 Å². The largest absolute Gasteiger partial charge is 0.490 e. The highest BCUT2D eigenvalue weighted by Gasteiger charge is 2.47. The quantitative estimate of drug-likeness (QED) is 0.756. The molecule has 2 aromatic rings. The van der Waals surface area contributed by atoms with Gasteiger partial charge in [-0.2, -0.15) is 0 Å². The van der Waals surface area contributed by atoms with Crippen LogP contribution in [-0.4, -0.2) is 35.4 Å². The number of aliphatic hydroxyl groups is 1. The Morgan fingerprint density at radius 2 is 1.84 bits per heavy atom. The molecule has 0 radical (unpaired) electrons. The Morgan fingerprint density at radius 1 is 1.08 bits per heavy atom. The lowest BCUT2D eigenvalue weighted by Gasteiger charge is -2.54. The molecule has 4 bridgehead atoms. The fourth-order valence-corrected chi connectivity index (χ4v) is 5.96. The lowest BCUT2D eigenvalue weighted by atomic mass is 9.54. The van der Waals surface area contributed by atoms with Crippen LogP contribution in [0.4, 0.5) is 0 Å². The normalized spacial score (nSPS) is 34.5. The topological polar surface area (TPSA) is 57.3 Å². The molecule has 1 heterocycles. The van der Waals surface area contributed by atoms with Crippen LogP contribution >= 0.6 is 0 Å². The third kappa shape index (κ3) is 2.96. The van der Waals surface area contributed by atoms with Gasteiger partial charge < -0.3 is 20.1 Å². The second kappa shape index (κ2) is 6.33. The monoisotopic (exact) mass is 340 g/mol. The molecule has 4 heteroatoms. The van der Waals surface area contributed by atoms with Gasteiger partial charge >= 0.3 is 0 Å². The Labute approximate surface area is 149 Å². The van der Waals surface area contributed by atoms with E-state index in [9.17, 15) is 5.11 Å². The number of rotatable bonds is 6. The Balaban J connectivity index is 1.15. The van der Waals surface area contributed by atoms with E-state index in [1.54, 1.807) is 0 Å². The van der Waals surface area contributed by atoms with Gasteiger partial charge in [0.2, 0.25) is 0 Å². The summed E-state index contributed by atoms with van der Waals surface area (Å²) < 4.78 is 5.89. The molecule has 4 aliphatic carbocycles. The molecule has 0 aliphatic heterocycles. The van der Waals surface area contributed by atoms with Crippen molar-refractivity contribution in [1.82, 2.24) is 10.3 Å². The molecule has 1 aromatic carbocycles. The number of hydrogen-bond acceptors (Lipinski definition) is 3. The Bertz CT molecular complexity index is 712. The lowest BCUT2D eigenvalue weighted by molar-refractivity contribution is -0.0188. The number of hydrogen-bond donors (Lipinski definition) is 3. The van der Waals surface area contributed by atoms with E-state index in [-0.39, 0.29) is 0 Å². The van der Waals surface area contributed by atoms with Crippen molar-refractivity contribution >= 4 is 10.9 Å². The van der Waals surface area contributed by atoms with Gasteiger partial charge in [0, 0.05) is 29.7 Å². The van der Waals surface area contributed by atoms with Crippen LogP contribution < -0.4 is 10.1 Å². The minimum atomic E-state index is -0.466. The van der Waals surface area contributed by atoms with Crippen molar-refractivity contribution in [3.05, 3.63) is 30.5 Å². The Morgan fingerprint density at radius 3 is 2.60 bits per heavy atom. The number of H-pyrrole nitrogens is 1. The fraction of sp³-hybridized carbons (Fsp3) is 0.619. The number of aliphatic hydroxyl groups excluding tert-OH is 1. The molecule has 0 spiro atoms. The third-order valence-electron chi connectivity index (χ3n) is 6.80. The average Bonchev–Trinajstić information content (AvgIpc) is 3.08. The molecule has 4 fully saturated rings. The molecule has 4 aliphatic rings. The molecule has 1 aromatic heterocycles. The summed E-state index contributed by atoms with van der Waals surface area (Å²) in [5, 5.41) is 15.2. The molecule has 4 saturated carbocycles. The van der Waals surface area contributed by atoms with Crippen LogP contribution in [0, 0.1) is 23.7 Å². The minimum absolute atomic E-state index is 0.338. The molecule has 134 valence electrons. The number of benzene rings is 1. The molecule has 25 heavy (non-hydrogen) atoms. The molecule has 6 rings (SSSR count). The first-order valence-corrected chi connectivity index (χ1v) is 9.86. The van der Waals surface area contributed by atoms with Crippen LogP contribution in [0.25, 0.3) is 10.9 Å². The van der Waals surface area contributed by atoms with Gasteiger partial charge in [0.25, 0.3) is 0 Å². The molecular weight excluding hydrogens is 312 g/mol. The molecular formula is C21H28N2O2. The molecule has 4 nitrogen and oxygen atoms in total. The van der Waals surface area contributed by atoms with E-state index >= 15 is 0 Å². The molecule has 0 saturated heterocycles. The van der Waals surface area contributed by atoms with Crippen molar-refractivity contribution in [2.24, 2.45) is 23.7 Å². The van der Waals surface area contributed by atoms with Gasteiger partial charge in [0.1, 0.15) is 18.5 Å². The van der Waals surface area contributed by atoms with Crippen LogP contribution in [0.15, 0.2) is 30.5 Å². The second-order valence-electron chi connectivity index (χ2n) is 8.52. The first-order valence-electron chi connectivity index (χ1n) is 9.86. The number of aromatic nitrogens is 1. The van der Waals surface area contributed by atoms with E-state index in [1.165, 1.54) is 32.1 Å². The summed E-state index contributed by atoms with van der Waals surface area (Å²) in [6.07, 6.45) is 8.58. The van der Waals surface area contributed by atoms with Gasteiger partial charge in [0.15, 0.2) is 0 Å². The van der Waals surface area contributed by atoms with Gasteiger partial charge in [0.05, 0.1) is 0 Å². The summed E-state index contributed by atoms with van der Waals surface area (Å²) in [5.41, 5.74) is 1.07. The highest BCUT2D eigenvalue weighted by Crippen LogP contribution is 2.53. The number of fused-ring (bicyclic) bond motifs is 1. The zero-order valence-corrected chi connectivity index (χ0v) is 14.7.